The van der Waals surface area contributed by atoms with Crippen LogP contribution in [-0.2, 0) is 16.6 Å². The molecule has 2 aromatic carbocycles. The summed E-state index contributed by atoms with van der Waals surface area (Å²) in [6.45, 7) is 0.449. The first-order valence-electron chi connectivity index (χ1n) is 6.06. The normalized spacial score (nSPS) is 11.3. The Morgan fingerprint density at radius 3 is 2.35 bits per heavy atom. The van der Waals surface area contributed by atoms with Crippen molar-refractivity contribution in [3.63, 3.8) is 0 Å². The van der Waals surface area contributed by atoms with E-state index in [1.807, 2.05) is 12.1 Å². The van der Waals surface area contributed by atoms with Crippen LogP contribution in [0.15, 0.2) is 53.4 Å². The number of hydrogen-bond donors (Lipinski definition) is 2. The van der Waals surface area contributed by atoms with Gasteiger partial charge in [-0.05, 0) is 36.9 Å². The minimum atomic E-state index is -3.56. The van der Waals surface area contributed by atoms with Crippen molar-refractivity contribution in [3.8, 4) is 11.5 Å². The average Bonchev–Trinajstić information content (AvgIpc) is 2.48. The average molecular weight is 292 g/mol. The Balaban J connectivity index is 2.34. The predicted octanol–water partition coefficient (Wildman–Crippen LogP) is 1.85. The van der Waals surface area contributed by atoms with Gasteiger partial charge in [0.25, 0.3) is 0 Å². The van der Waals surface area contributed by atoms with Crippen LogP contribution in [0.1, 0.15) is 5.56 Å². The Morgan fingerprint density at radius 1 is 1.10 bits per heavy atom. The predicted molar refractivity (Wildman–Crippen MR) is 77.1 cm³/mol. The van der Waals surface area contributed by atoms with E-state index in [1.54, 1.807) is 30.3 Å². The van der Waals surface area contributed by atoms with Gasteiger partial charge < -0.3 is 10.5 Å². The first-order chi connectivity index (χ1) is 9.56. The van der Waals surface area contributed by atoms with Gasteiger partial charge in [0, 0.05) is 6.54 Å². The van der Waals surface area contributed by atoms with Crippen LogP contribution in [0.3, 0.4) is 0 Å². The van der Waals surface area contributed by atoms with E-state index in [0.717, 1.165) is 5.56 Å². The first-order valence-corrected chi connectivity index (χ1v) is 7.54. The number of para-hydroxylation sites is 1. The highest BCUT2D eigenvalue weighted by molar-refractivity contribution is 7.89. The number of benzene rings is 2. The summed E-state index contributed by atoms with van der Waals surface area (Å²) in [6, 6.07) is 13.7. The molecular formula is C14H16N2O3S. The van der Waals surface area contributed by atoms with Crippen LogP contribution >= 0.6 is 0 Å². The Bertz CT molecular complexity index is 682. The molecule has 0 fully saturated rings. The molecule has 0 aromatic heterocycles. The van der Waals surface area contributed by atoms with E-state index in [9.17, 15) is 8.42 Å². The van der Waals surface area contributed by atoms with Crippen LogP contribution in [-0.4, -0.2) is 15.5 Å². The minimum absolute atomic E-state index is 0.102. The number of nitrogens with one attached hydrogen (secondary N) is 1. The second-order valence-electron chi connectivity index (χ2n) is 4.10. The highest BCUT2D eigenvalue weighted by Gasteiger charge is 2.17. The Hall–Kier alpha value is -1.89. The molecule has 0 bridgehead atoms. The summed E-state index contributed by atoms with van der Waals surface area (Å²) in [6.07, 6.45) is 0. The quantitative estimate of drug-likeness (QED) is 0.881. The molecule has 5 nitrogen and oxygen atoms in total. The van der Waals surface area contributed by atoms with Crippen LogP contribution in [0.2, 0.25) is 0 Å². The molecule has 0 heterocycles. The maximum atomic E-state index is 11.9. The van der Waals surface area contributed by atoms with Crippen molar-refractivity contribution < 1.29 is 13.2 Å². The second-order valence-corrected chi connectivity index (χ2v) is 5.96. The Morgan fingerprint density at radius 2 is 1.75 bits per heavy atom. The van der Waals surface area contributed by atoms with Gasteiger partial charge in [0.15, 0.2) is 0 Å². The lowest BCUT2D eigenvalue weighted by Gasteiger charge is -2.11. The van der Waals surface area contributed by atoms with Gasteiger partial charge in [-0.25, -0.2) is 13.1 Å². The molecule has 0 amide bonds. The second kappa shape index (κ2) is 6.04. The lowest BCUT2D eigenvalue weighted by atomic mass is 10.2. The van der Waals surface area contributed by atoms with Crippen molar-refractivity contribution in [2.45, 2.75) is 11.4 Å². The van der Waals surface area contributed by atoms with E-state index in [1.165, 1.54) is 13.1 Å². The smallest absolute Gasteiger partial charge is 0.244 e. The highest BCUT2D eigenvalue weighted by atomic mass is 32.2. The molecule has 3 N–H and O–H groups in total. The third-order valence-electron chi connectivity index (χ3n) is 2.79. The van der Waals surface area contributed by atoms with Crippen molar-refractivity contribution in [1.82, 2.24) is 4.72 Å². The van der Waals surface area contributed by atoms with E-state index in [-0.39, 0.29) is 10.6 Å². The summed E-state index contributed by atoms with van der Waals surface area (Å²) in [7, 11) is -2.19. The lowest BCUT2D eigenvalue weighted by Crippen LogP contribution is -2.19. The number of ether oxygens (including phenoxy) is 1. The molecule has 0 spiro atoms. The van der Waals surface area contributed by atoms with E-state index < -0.39 is 10.0 Å². The number of nitrogens with two attached hydrogens (primary N) is 1. The highest BCUT2D eigenvalue weighted by Crippen LogP contribution is 2.28. The third kappa shape index (κ3) is 3.16. The standard InChI is InChI=1S/C14H16N2O3S/c1-16-20(17,18)14-5-3-2-4-13(14)19-12-8-6-11(10-15)7-9-12/h2-9,16H,10,15H2,1H3. The van der Waals surface area contributed by atoms with Crippen molar-refractivity contribution in [3.05, 3.63) is 54.1 Å². The van der Waals surface area contributed by atoms with Gasteiger partial charge in [-0.2, -0.15) is 0 Å². The van der Waals surface area contributed by atoms with Crippen LogP contribution in [0.5, 0.6) is 11.5 Å². The molecule has 0 aliphatic heterocycles. The summed E-state index contributed by atoms with van der Waals surface area (Å²) < 4.78 is 31.7. The molecule has 106 valence electrons. The fourth-order valence-corrected chi connectivity index (χ4v) is 2.54. The van der Waals surface area contributed by atoms with Gasteiger partial charge in [0.2, 0.25) is 10.0 Å². The fourth-order valence-electron chi connectivity index (χ4n) is 1.69. The van der Waals surface area contributed by atoms with Gasteiger partial charge in [-0.15, -0.1) is 0 Å². The van der Waals surface area contributed by atoms with Crippen molar-refractivity contribution in [1.29, 1.82) is 0 Å². The molecule has 2 aromatic rings. The maximum Gasteiger partial charge on any atom is 0.244 e. The van der Waals surface area contributed by atoms with Crippen molar-refractivity contribution >= 4 is 10.0 Å². The van der Waals surface area contributed by atoms with Gasteiger partial charge in [0.05, 0.1) is 0 Å². The zero-order valence-electron chi connectivity index (χ0n) is 11.0. The minimum Gasteiger partial charge on any atom is -0.456 e. The van der Waals surface area contributed by atoms with Crippen molar-refractivity contribution in [2.24, 2.45) is 5.73 Å². The molecule has 2 rings (SSSR count). The zero-order chi connectivity index (χ0) is 14.6. The monoisotopic (exact) mass is 292 g/mol. The number of sulfonamides is 1. The van der Waals surface area contributed by atoms with Gasteiger partial charge in [0.1, 0.15) is 16.4 Å². The summed E-state index contributed by atoms with van der Waals surface area (Å²) in [5.74, 6) is 0.836. The Kier molecular flexibility index (Phi) is 4.39. The van der Waals surface area contributed by atoms with Crippen LogP contribution < -0.4 is 15.2 Å². The van der Waals surface area contributed by atoms with Crippen LogP contribution in [0.4, 0.5) is 0 Å². The van der Waals surface area contributed by atoms with E-state index in [2.05, 4.69) is 4.72 Å². The zero-order valence-corrected chi connectivity index (χ0v) is 11.9. The lowest BCUT2D eigenvalue weighted by molar-refractivity contribution is 0.467. The van der Waals surface area contributed by atoms with Crippen molar-refractivity contribution in [2.75, 3.05) is 7.05 Å². The van der Waals surface area contributed by atoms with Crippen LogP contribution in [0, 0.1) is 0 Å². The first kappa shape index (κ1) is 14.5. The summed E-state index contributed by atoms with van der Waals surface area (Å²) in [4.78, 5) is 0.102. The molecule has 0 aliphatic carbocycles. The molecule has 0 atom stereocenters. The fraction of sp³-hybridized carbons (Fsp3) is 0.143. The molecule has 20 heavy (non-hydrogen) atoms. The largest absolute Gasteiger partial charge is 0.456 e. The van der Waals surface area contributed by atoms with Gasteiger partial charge in [-0.3, -0.25) is 0 Å². The Labute approximate surface area is 118 Å². The molecule has 0 saturated carbocycles. The van der Waals surface area contributed by atoms with Gasteiger partial charge in [-0.1, -0.05) is 24.3 Å². The van der Waals surface area contributed by atoms with E-state index in [4.69, 9.17) is 10.5 Å². The number of rotatable bonds is 5. The third-order valence-corrected chi connectivity index (χ3v) is 4.25. The molecule has 0 unspecified atom stereocenters. The maximum absolute atomic E-state index is 11.9. The molecule has 0 aliphatic rings. The van der Waals surface area contributed by atoms with E-state index in [0.29, 0.717) is 12.3 Å². The SMILES string of the molecule is CNS(=O)(=O)c1ccccc1Oc1ccc(CN)cc1. The van der Waals surface area contributed by atoms with Gasteiger partial charge >= 0.3 is 0 Å². The van der Waals surface area contributed by atoms with E-state index >= 15 is 0 Å². The summed E-state index contributed by atoms with van der Waals surface area (Å²) >= 11 is 0. The molecular weight excluding hydrogens is 276 g/mol. The summed E-state index contributed by atoms with van der Waals surface area (Å²) in [5, 5.41) is 0. The summed E-state index contributed by atoms with van der Waals surface area (Å²) in [5.41, 5.74) is 6.50. The van der Waals surface area contributed by atoms with Crippen LogP contribution in [0.25, 0.3) is 0 Å². The molecule has 0 radical (unpaired) electrons. The molecule has 0 saturated heterocycles. The topological polar surface area (TPSA) is 81.4 Å². The molecule has 6 heteroatoms. The number of hydrogen-bond acceptors (Lipinski definition) is 4.